The number of benzene rings is 2. The zero-order valence-corrected chi connectivity index (χ0v) is 19.7. The molecule has 0 unspecified atom stereocenters. The smallest absolute Gasteiger partial charge is 0.310 e. The first-order chi connectivity index (χ1) is 15.9. The molecule has 1 aliphatic heterocycles. The number of carbonyl (C=O) groups excluding carboxylic acids is 2. The van der Waals surface area contributed by atoms with Crippen LogP contribution in [0, 0.1) is 10.7 Å². The van der Waals surface area contributed by atoms with E-state index in [0.29, 0.717) is 54.2 Å². The summed E-state index contributed by atoms with van der Waals surface area (Å²) < 4.78 is 6.88. The minimum Gasteiger partial charge on any atom is -0.466 e. The predicted octanol–water partition coefficient (Wildman–Crippen LogP) is 4.18. The van der Waals surface area contributed by atoms with Crippen LogP contribution in [0.2, 0.25) is 5.02 Å². The number of piperidine rings is 1. The lowest BCUT2D eigenvalue weighted by Crippen LogP contribution is -2.42. The van der Waals surface area contributed by atoms with Crippen molar-refractivity contribution in [2.75, 3.05) is 19.7 Å². The number of hydrogen-bond acceptors (Lipinski definition) is 5. The van der Waals surface area contributed by atoms with Crippen molar-refractivity contribution in [3.8, 4) is 0 Å². The number of nitrogens with one attached hydrogen (secondary N) is 1. The highest BCUT2D eigenvalue weighted by atomic mass is 35.5. The van der Waals surface area contributed by atoms with Crippen LogP contribution < -0.4 is 5.56 Å². The van der Waals surface area contributed by atoms with E-state index in [9.17, 15) is 14.4 Å². The maximum absolute atomic E-state index is 13.1. The molecule has 2 aromatic carbocycles. The Balaban J connectivity index is 1.60. The van der Waals surface area contributed by atoms with E-state index in [1.165, 1.54) is 4.57 Å². The number of esters is 1. The van der Waals surface area contributed by atoms with Crippen molar-refractivity contribution in [2.24, 2.45) is 5.92 Å². The van der Waals surface area contributed by atoms with Crippen LogP contribution in [0.5, 0.6) is 0 Å². The molecule has 1 N–H and O–H groups in total. The standard InChI is InChI=1S/C24H24ClN3O4S/c1-2-32-23(31)17-4-3-11-27(14-17)21(29)16-7-10-19-20(12-16)26-24(33)28(22(19)30)13-15-5-8-18(25)9-6-15/h5-10,12,17H,2-4,11,13-14H2,1H3,(H,26,33)/t17-/m0/s1. The van der Waals surface area contributed by atoms with E-state index in [1.807, 2.05) is 12.1 Å². The summed E-state index contributed by atoms with van der Waals surface area (Å²) in [5, 5.41) is 1.06. The van der Waals surface area contributed by atoms with Gasteiger partial charge >= 0.3 is 5.97 Å². The van der Waals surface area contributed by atoms with E-state index >= 15 is 0 Å². The molecule has 3 aromatic rings. The average molecular weight is 486 g/mol. The molecular formula is C24H24ClN3O4S. The second-order valence-corrected chi connectivity index (χ2v) is 8.87. The number of ether oxygens (including phenoxy) is 1. The van der Waals surface area contributed by atoms with Gasteiger partial charge in [0.15, 0.2) is 4.77 Å². The highest BCUT2D eigenvalue weighted by molar-refractivity contribution is 7.71. The number of aromatic nitrogens is 2. The van der Waals surface area contributed by atoms with Gasteiger partial charge in [0.25, 0.3) is 11.5 Å². The van der Waals surface area contributed by atoms with Gasteiger partial charge in [-0.15, -0.1) is 0 Å². The van der Waals surface area contributed by atoms with Crippen LogP contribution in [-0.2, 0) is 16.1 Å². The molecule has 4 rings (SSSR count). The molecule has 0 aliphatic carbocycles. The van der Waals surface area contributed by atoms with Crippen LogP contribution in [0.1, 0.15) is 35.7 Å². The number of fused-ring (bicyclic) bond motifs is 1. The predicted molar refractivity (Wildman–Crippen MR) is 129 cm³/mol. The number of aromatic amines is 1. The van der Waals surface area contributed by atoms with Crippen molar-refractivity contribution >= 4 is 46.6 Å². The summed E-state index contributed by atoms with van der Waals surface area (Å²) in [7, 11) is 0. The van der Waals surface area contributed by atoms with Crippen LogP contribution in [0.15, 0.2) is 47.3 Å². The summed E-state index contributed by atoms with van der Waals surface area (Å²) in [5.74, 6) is -0.761. The molecule has 1 aromatic heterocycles. The molecule has 1 aliphatic rings. The third-order valence-corrected chi connectivity index (χ3v) is 6.39. The van der Waals surface area contributed by atoms with E-state index in [0.717, 1.165) is 12.0 Å². The molecule has 0 saturated carbocycles. The minimum atomic E-state index is -0.311. The Morgan fingerprint density at radius 1 is 1.21 bits per heavy atom. The highest BCUT2D eigenvalue weighted by Crippen LogP contribution is 2.21. The quantitative estimate of drug-likeness (QED) is 0.433. The summed E-state index contributed by atoms with van der Waals surface area (Å²) in [4.78, 5) is 43.1. The number of rotatable bonds is 5. The fourth-order valence-electron chi connectivity index (χ4n) is 4.10. The third-order valence-electron chi connectivity index (χ3n) is 5.81. The molecule has 7 nitrogen and oxygen atoms in total. The Kier molecular flexibility index (Phi) is 6.95. The van der Waals surface area contributed by atoms with Gasteiger partial charge < -0.3 is 14.6 Å². The van der Waals surface area contributed by atoms with Crippen molar-refractivity contribution < 1.29 is 14.3 Å². The summed E-state index contributed by atoms with van der Waals surface area (Å²) in [6, 6.07) is 12.1. The number of amides is 1. The first kappa shape index (κ1) is 23.2. The van der Waals surface area contributed by atoms with Crippen LogP contribution in [0.3, 0.4) is 0 Å². The van der Waals surface area contributed by atoms with Gasteiger partial charge in [0.1, 0.15) is 0 Å². The van der Waals surface area contributed by atoms with Crippen molar-refractivity contribution in [3.05, 3.63) is 73.7 Å². The maximum Gasteiger partial charge on any atom is 0.310 e. The normalized spacial score (nSPS) is 16.1. The molecule has 1 amide bonds. The first-order valence-corrected chi connectivity index (χ1v) is 11.6. The molecule has 1 atom stereocenters. The lowest BCUT2D eigenvalue weighted by Gasteiger charge is -2.31. The van der Waals surface area contributed by atoms with E-state index in [4.69, 9.17) is 28.6 Å². The second-order valence-electron chi connectivity index (χ2n) is 8.05. The number of carbonyl (C=O) groups is 2. The molecule has 33 heavy (non-hydrogen) atoms. The summed E-state index contributed by atoms with van der Waals surface area (Å²) in [6.45, 7) is 3.31. The van der Waals surface area contributed by atoms with E-state index in [2.05, 4.69) is 4.98 Å². The van der Waals surface area contributed by atoms with Gasteiger partial charge in [-0.3, -0.25) is 19.0 Å². The van der Waals surface area contributed by atoms with Gasteiger partial charge in [0.2, 0.25) is 0 Å². The SMILES string of the molecule is CCOC(=O)[C@H]1CCCN(C(=O)c2ccc3c(=O)n(Cc4ccc(Cl)cc4)c(=S)[nH]c3c2)C1. The van der Waals surface area contributed by atoms with Gasteiger partial charge in [-0.05, 0) is 67.9 Å². The van der Waals surface area contributed by atoms with Gasteiger partial charge in [-0.2, -0.15) is 0 Å². The summed E-state index contributed by atoms with van der Waals surface area (Å²) in [6.07, 6.45) is 1.45. The molecule has 0 spiro atoms. The highest BCUT2D eigenvalue weighted by Gasteiger charge is 2.30. The Morgan fingerprint density at radius 3 is 2.70 bits per heavy atom. The van der Waals surface area contributed by atoms with Crippen LogP contribution in [0.25, 0.3) is 10.9 Å². The monoisotopic (exact) mass is 485 g/mol. The van der Waals surface area contributed by atoms with Crippen molar-refractivity contribution in [1.82, 2.24) is 14.5 Å². The number of likely N-dealkylation sites (tertiary alicyclic amines) is 1. The van der Waals surface area contributed by atoms with Crippen LogP contribution in [0.4, 0.5) is 0 Å². The second kappa shape index (κ2) is 9.89. The van der Waals surface area contributed by atoms with E-state index in [-0.39, 0.29) is 28.1 Å². The summed E-state index contributed by atoms with van der Waals surface area (Å²) in [5.41, 5.74) is 1.60. The lowest BCUT2D eigenvalue weighted by atomic mass is 9.97. The molecule has 9 heteroatoms. The zero-order chi connectivity index (χ0) is 23.5. The Labute approximate surface area is 200 Å². The lowest BCUT2D eigenvalue weighted by molar-refractivity contribution is -0.149. The largest absolute Gasteiger partial charge is 0.466 e. The van der Waals surface area contributed by atoms with Gasteiger partial charge in [-0.25, -0.2) is 0 Å². The number of H-pyrrole nitrogens is 1. The topological polar surface area (TPSA) is 84.4 Å². The zero-order valence-electron chi connectivity index (χ0n) is 18.2. The van der Waals surface area contributed by atoms with Crippen LogP contribution >= 0.6 is 23.8 Å². The van der Waals surface area contributed by atoms with Gasteiger partial charge in [-0.1, -0.05) is 23.7 Å². The average Bonchev–Trinajstić information content (AvgIpc) is 2.82. The molecule has 0 bridgehead atoms. The fraction of sp³-hybridized carbons (Fsp3) is 0.333. The van der Waals surface area contributed by atoms with Crippen molar-refractivity contribution in [1.29, 1.82) is 0 Å². The van der Waals surface area contributed by atoms with Gasteiger partial charge in [0, 0.05) is 23.7 Å². The molecule has 0 radical (unpaired) electrons. The fourth-order valence-corrected chi connectivity index (χ4v) is 4.48. The molecule has 1 fully saturated rings. The molecule has 1 saturated heterocycles. The van der Waals surface area contributed by atoms with Crippen LogP contribution in [-0.4, -0.2) is 46.0 Å². The van der Waals surface area contributed by atoms with E-state index < -0.39 is 0 Å². The Hall–Kier alpha value is -2.97. The Morgan fingerprint density at radius 2 is 1.97 bits per heavy atom. The van der Waals surface area contributed by atoms with Crippen molar-refractivity contribution in [3.63, 3.8) is 0 Å². The minimum absolute atomic E-state index is 0.185. The molecule has 172 valence electrons. The Bertz CT molecular complexity index is 1320. The van der Waals surface area contributed by atoms with Gasteiger partial charge in [0.05, 0.1) is 30.0 Å². The summed E-state index contributed by atoms with van der Waals surface area (Å²) >= 11 is 11.4. The number of hydrogen-bond donors (Lipinski definition) is 1. The first-order valence-electron chi connectivity index (χ1n) is 10.8. The number of nitrogens with zero attached hydrogens (tertiary/aromatic N) is 2. The maximum atomic E-state index is 13.1. The number of halogens is 1. The third kappa shape index (κ3) is 5.02. The van der Waals surface area contributed by atoms with Crippen molar-refractivity contribution in [2.45, 2.75) is 26.3 Å². The molecular weight excluding hydrogens is 462 g/mol. The van der Waals surface area contributed by atoms with E-state index in [1.54, 1.807) is 42.2 Å². The molecule has 2 heterocycles.